The van der Waals surface area contributed by atoms with Crippen LogP contribution in [0.4, 0.5) is 0 Å². The molecule has 0 saturated carbocycles. The smallest absolute Gasteiger partial charge is 0.273 e. The van der Waals surface area contributed by atoms with E-state index in [1.54, 1.807) is 6.07 Å². The van der Waals surface area contributed by atoms with Crippen molar-refractivity contribution >= 4 is 22.5 Å². The number of aryl methyl sites for hydroxylation is 3. The van der Waals surface area contributed by atoms with Crippen molar-refractivity contribution in [2.75, 3.05) is 0 Å². The average Bonchev–Trinajstić information content (AvgIpc) is 2.78. The van der Waals surface area contributed by atoms with Crippen molar-refractivity contribution in [3.63, 3.8) is 0 Å². The van der Waals surface area contributed by atoms with Gasteiger partial charge in [-0.2, -0.15) is 5.10 Å². The van der Waals surface area contributed by atoms with E-state index in [-0.39, 0.29) is 5.56 Å². The molecule has 2 aromatic heterocycles. The number of hydrogen-bond acceptors (Lipinski definition) is 2. The quantitative estimate of drug-likeness (QED) is 0.746. The maximum Gasteiger partial charge on any atom is 0.273 e. The predicted molar refractivity (Wildman–Crippen MR) is 80.9 cm³/mol. The minimum absolute atomic E-state index is 0.231. The second-order valence-electron chi connectivity index (χ2n) is 5.04. The van der Waals surface area contributed by atoms with Gasteiger partial charge in [0.05, 0.1) is 16.6 Å². The van der Waals surface area contributed by atoms with Crippen molar-refractivity contribution in [2.45, 2.75) is 20.8 Å². The van der Waals surface area contributed by atoms with Crippen LogP contribution in [0.5, 0.6) is 0 Å². The number of hydrogen-bond donors (Lipinski definition) is 1. The summed E-state index contributed by atoms with van der Waals surface area (Å²) < 4.78 is 1.93. The summed E-state index contributed by atoms with van der Waals surface area (Å²) in [6, 6.07) is 5.99. The number of H-pyrrole nitrogens is 1. The highest BCUT2D eigenvalue weighted by atomic mass is 35.5. The first-order valence-electron chi connectivity index (χ1n) is 6.32. The van der Waals surface area contributed by atoms with E-state index in [0.717, 1.165) is 16.8 Å². The second kappa shape index (κ2) is 4.49. The van der Waals surface area contributed by atoms with E-state index in [9.17, 15) is 4.79 Å². The van der Waals surface area contributed by atoms with Crippen LogP contribution in [0.3, 0.4) is 0 Å². The van der Waals surface area contributed by atoms with Crippen LogP contribution in [0.15, 0.2) is 29.2 Å². The van der Waals surface area contributed by atoms with E-state index < -0.39 is 0 Å². The zero-order valence-corrected chi connectivity index (χ0v) is 12.2. The molecule has 0 fully saturated rings. The van der Waals surface area contributed by atoms with Crippen LogP contribution >= 0.6 is 11.6 Å². The Morgan fingerprint density at radius 3 is 2.50 bits per heavy atom. The van der Waals surface area contributed by atoms with Gasteiger partial charge in [-0.25, -0.2) is 5.10 Å². The lowest BCUT2D eigenvalue weighted by Crippen LogP contribution is -2.09. The molecule has 4 nitrogen and oxygen atoms in total. The van der Waals surface area contributed by atoms with E-state index in [1.807, 2.05) is 10.8 Å². The Balaban J connectivity index is 2.43. The SMILES string of the molecule is Cc1cc(C)c(-n2ccc3c(=O)[nH]nc(Cl)c32)c(C)c1. The second-order valence-corrected chi connectivity index (χ2v) is 5.40. The molecule has 2 heterocycles. The lowest BCUT2D eigenvalue weighted by Gasteiger charge is -2.14. The van der Waals surface area contributed by atoms with Crippen molar-refractivity contribution < 1.29 is 0 Å². The maximum atomic E-state index is 11.8. The van der Waals surface area contributed by atoms with Crippen molar-refractivity contribution in [1.29, 1.82) is 0 Å². The first kappa shape index (κ1) is 12.9. The molecule has 3 rings (SSSR count). The van der Waals surface area contributed by atoms with Gasteiger partial charge >= 0.3 is 0 Å². The van der Waals surface area contributed by atoms with Gasteiger partial charge in [-0.1, -0.05) is 29.3 Å². The lowest BCUT2D eigenvalue weighted by molar-refractivity contribution is 0.994. The number of fused-ring (bicyclic) bond motifs is 1. The number of halogens is 1. The molecule has 0 unspecified atom stereocenters. The number of nitrogens with zero attached hydrogens (tertiary/aromatic N) is 2. The first-order chi connectivity index (χ1) is 9.49. The summed E-state index contributed by atoms with van der Waals surface area (Å²) in [5.41, 5.74) is 4.94. The van der Waals surface area contributed by atoms with Gasteiger partial charge in [0, 0.05) is 6.20 Å². The fraction of sp³-hybridized carbons (Fsp3) is 0.200. The molecule has 0 aliphatic heterocycles. The number of aromatic amines is 1. The summed E-state index contributed by atoms with van der Waals surface area (Å²) in [4.78, 5) is 11.8. The zero-order chi connectivity index (χ0) is 14.4. The zero-order valence-electron chi connectivity index (χ0n) is 11.5. The Morgan fingerprint density at radius 2 is 1.85 bits per heavy atom. The van der Waals surface area contributed by atoms with Crippen molar-refractivity contribution in [3.8, 4) is 5.69 Å². The molecular weight excluding hydrogens is 274 g/mol. The molecule has 0 radical (unpaired) electrons. The predicted octanol–water partition coefficient (Wildman–Crippen LogP) is 3.29. The van der Waals surface area contributed by atoms with Gasteiger partial charge in [0.2, 0.25) is 0 Å². The summed E-state index contributed by atoms with van der Waals surface area (Å²) in [5.74, 6) is 0. The molecule has 102 valence electrons. The summed E-state index contributed by atoms with van der Waals surface area (Å²) in [7, 11) is 0. The van der Waals surface area contributed by atoms with Crippen LogP contribution < -0.4 is 5.56 Å². The van der Waals surface area contributed by atoms with E-state index >= 15 is 0 Å². The van der Waals surface area contributed by atoms with E-state index in [1.165, 1.54) is 5.56 Å². The minimum Gasteiger partial charge on any atom is -0.313 e. The number of rotatable bonds is 1. The first-order valence-corrected chi connectivity index (χ1v) is 6.70. The minimum atomic E-state index is -0.231. The normalized spacial score (nSPS) is 11.2. The largest absolute Gasteiger partial charge is 0.313 e. The number of benzene rings is 1. The van der Waals surface area contributed by atoms with E-state index in [4.69, 9.17) is 11.6 Å². The summed E-state index contributed by atoms with van der Waals surface area (Å²) in [6.45, 7) is 6.17. The molecule has 0 amide bonds. The highest BCUT2D eigenvalue weighted by molar-refractivity contribution is 6.33. The van der Waals surface area contributed by atoms with Gasteiger partial charge in [0.15, 0.2) is 5.15 Å². The van der Waals surface area contributed by atoms with Gasteiger partial charge < -0.3 is 4.57 Å². The molecule has 3 aromatic rings. The van der Waals surface area contributed by atoms with Gasteiger partial charge in [-0.05, 0) is 38.0 Å². The fourth-order valence-electron chi connectivity index (χ4n) is 2.78. The van der Waals surface area contributed by atoms with Gasteiger partial charge in [0.25, 0.3) is 5.56 Å². The Hall–Kier alpha value is -2.07. The molecule has 1 N–H and O–H groups in total. The van der Waals surface area contributed by atoms with Gasteiger partial charge in [0.1, 0.15) is 0 Å². The van der Waals surface area contributed by atoms with Crippen molar-refractivity contribution in [1.82, 2.24) is 14.8 Å². The molecule has 0 spiro atoms. The third-order valence-electron chi connectivity index (χ3n) is 3.46. The molecule has 0 atom stereocenters. The Morgan fingerprint density at radius 1 is 1.20 bits per heavy atom. The molecule has 1 aromatic carbocycles. The number of aromatic nitrogens is 3. The Bertz CT molecular complexity index is 853. The number of nitrogens with one attached hydrogen (secondary N) is 1. The Labute approximate surface area is 121 Å². The topological polar surface area (TPSA) is 50.7 Å². The molecule has 0 aliphatic carbocycles. The molecular formula is C15H14ClN3O. The van der Waals surface area contributed by atoms with Gasteiger partial charge in [-0.3, -0.25) is 4.79 Å². The summed E-state index contributed by atoms with van der Waals surface area (Å²) in [5, 5.41) is 7.09. The van der Waals surface area contributed by atoms with Crippen molar-refractivity contribution in [3.05, 3.63) is 56.6 Å². The summed E-state index contributed by atoms with van der Waals surface area (Å²) >= 11 is 6.16. The molecule has 0 aliphatic rings. The standard InChI is InChI=1S/C15H14ClN3O/c1-8-6-9(2)12(10(3)7-8)19-5-4-11-13(19)14(16)17-18-15(11)20/h4-7H,1-3H3,(H,18,20). The molecule has 5 heteroatoms. The summed E-state index contributed by atoms with van der Waals surface area (Å²) in [6.07, 6.45) is 1.86. The molecule has 0 bridgehead atoms. The third-order valence-corrected chi connectivity index (χ3v) is 3.72. The van der Waals surface area contributed by atoms with Crippen LogP contribution in [0.2, 0.25) is 5.15 Å². The van der Waals surface area contributed by atoms with Crippen LogP contribution in [-0.2, 0) is 0 Å². The third kappa shape index (κ3) is 1.84. The highest BCUT2D eigenvalue weighted by Crippen LogP contribution is 2.27. The van der Waals surface area contributed by atoms with Crippen LogP contribution in [0.1, 0.15) is 16.7 Å². The monoisotopic (exact) mass is 287 g/mol. The molecule has 20 heavy (non-hydrogen) atoms. The van der Waals surface area contributed by atoms with E-state index in [0.29, 0.717) is 16.1 Å². The molecule has 0 saturated heterocycles. The lowest BCUT2D eigenvalue weighted by atomic mass is 10.0. The van der Waals surface area contributed by atoms with E-state index in [2.05, 4.69) is 43.1 Å². The van der Waals surface area contributed by atoms with Crippen LogP contribution in [-0.4, -0.2) is 14.8 Å². The fourth-order valence-corrected chi connectivity index (χ4v) is 3.01. The average molecular weight is 288 g/mol. The van der Waals surface area contributed by atoms with Crippen LogP contribution in [0, 0.1) is 20.8 Å². The maximum absolute atomic E-state index is 11.8. The highest BCUT2D eigenvalue weighted by Gasteiger charge is 2.14. The van der Waals surface area contributed by atoms with Crippen LogP contribution in [0.25, 0.3) is 16.6 Å². The van der Waals surface area contributed by atoms with Crippen molar-refractivity contribution in [2.24, 2.45) is 0 Å². The Kier molecular flexibility index (Phi) is 2.91. The van der Waals surface area contributed by atoms with Gasteiger partial charge in [-0.15, -0.1) is 0 Å².